The van der Waals surface area contributed by atoms with Crippen LogP contribution in [-0.2, 0) is 0 Å². The van der Waals surface area contributed by atoms with Crippen molar-refractivity contribution in [2.45, 2.75) is 6.92 Å². The molecule has 0 bridgehead atoms. The van der Waals surface area contributed by atoms with E-state index in [-0.39, 0.29) is 11.3 Å². The Morgan fingerprint density at radius 2 is 1.79 bits per heavy atom. The van der Waals surface area contributed by atoms with Gasteiger partial charge in [0.15, 0.2) is 5.78 Å². The number of aromatic nitrogens is 2. The van der Waals surface area contributed by atoms with Gasteiger partial charge in [0.25, 0.3) is 5.56 Å². The van der Waals surface area contributed by atoms with Crippen molar-refractivity contribution < 1.29 is 9.59 Å². The van der Waals surface area contributed by atoms with Crippen LogP contribution in [0.3, 0.4) is 0 Å². The maximum Gasteiger partial charge on any atom is 0.262 e. The summed E-state index contributed by atoms with van der Waals surface area (Å²) in [6, 6.07) is 0. The van der Waals surface area contributed by atoms with Gasteiger partial charge in [0.2, 0.25) is 5.78 Å². The molecule has 0 fully saturated rings. The zero-order valence-electron chi connectivity index (χ0n) is 7.33. The number of ketones is 2. The molecule has 1 aliphatic carbocycles. The largest absolute Gasteiger partial charge is 0.310 e. The molecular formula is C9H6N2O3. The Hall–Kier alpha value is -2.04. The number of aromatic amines is 1. The zero-order chi connectivity index (χ0) is 10.3. The van der Waals surface area contributed by atoms with Gasteiger partial charge in [-0.15, -0.1) is 0 Å². The quantitative estimate of drug-likeness (QED) is 0.625. The lowest BCUT2D eigenvalue weighted by molar-refractivity contribution is 0.0988. The second kappa shape index (κ2) is 2.73. The first kappa shape index (κ1) is 8.55. The minimum atomic E-state index is -0.560. The van der Waals surface area contributed by atoms with E-state index < -0.39 is 17.1 Å². The normalized spacial score (nSPS) is 14.4. The second-order valence-electron chi connectivity index (χ2n) is 2.94. The number of carbonyl (C=O) groups excluding carboxylic acids is 2. The Balaban J connectivity index is 2.85. The molecular weight excluding hydrogens is 184 g/mol. The average molecular weight is 190 g/mol. The Morgan fingerprint density at radius 1 is 1.14 bits per heavy atom. The van der Waals surface area contributed by atoms with Crippen molar-refractivity contribution in [3.05, 3.63) is 39.6 Å². The third-order valence-electron chi connectivity index (χ3n) is 1.90. The van der Waals surface area contributed by atoms with E-state index in [1.807, 2.05) is 0 Å². The number of H-pyrrole nitrogens is 1. The number of rotatable bonds is 0. The Bertz CT molecular complexity index is 525. The van der Waals surface area contributed by atoms with E-state index in [0.29, 0.717) is 5.82 Å². The molecule has 5 heteroatoms. The molecule has 1 aliphatic rings. The van der Waals surface area contributed by atoms with Crippen LogP contribution < -0.4 is 5.56 Å². The number of hydrogen-bond acceptors (Lipinski definition) is 4. The number of allylic oxidation sites excluding steroid dienone is 2. The van der Waals surface area contributed by atoms with Crippen LogP contribution in [-0.4, -0.2) is 21.5 Å². The number of fused-ring (bicyclic) bond motifs is 1. The maximum absolute atomic E-state index is 11.3. The summed E-state index contributed by atoms with van der Waals surface area (Å²) in [5.74, 6) is -0.563. The fourth-order valence-electron chi connectivity index (χ4n) is 1.31. The molecule has 0 spiro atoms. The molecule has 0 saturated heterocycles. The van der Waals surface area contributed by atoms with E-state index >= 15 is 0 Å². The van der Waals surface area contributed by atoms with Gasteiger partial charge in [-0.3, -0.25) is 14.4 Å². The molecule has 1 N–H and O–H groups in total. The molecule has 0 radical (unpaired) electrons. The summed E-state index contributed by atoms with van der Waals surface area (Å²) in [6.45, 7) is 1.55. The highest BCUT2D eigenvalue weighted by Gasteiger charge is 2.23. The first-order chi connectivity index (χ1) is 6.59. The van der Waals surface area contributed by atoms with E-state index in [2.05, 4.69) is 9.97 Å². The van der Waals surface area contributed by atoms with E-state index in [9.17, 15) is 14.4 Å². The van der Waals surface area contributed by atoms with Crippen molar-refractivity contribution in [2.75, 3.05) is 0 Å². The first-order valence-electron chi connectivity index (χ1n) is 3.97. The van der Waals surface area contributed by atoms with Crippen molar-refractivity contribution >= 4 is 11.6 Å². The summed E-state index contributed by atoms with van der Waals surface area (Å²) in [5, 5.41) is 0. The van der Waals surface area contributed by atoms with Crippen molar-refractivity contribution in [1.82, 2.24) is 9.97 Å². The SMILES string of the molecule is Cc1nc2c(c(=O)[nH]1)C(=O)C=CC2=O. The van der Waals surface area contributed by atoms with Crippen molar-refractivity contribution in [3.8, 4) is 0 Å². The van der Waals surface area contributed by atoms with E-state index in [1.54, 1.807) is 6.92 Å². The molecule has 2 rings (SSSR count). The molecule has 0 atom stereocenters. The van der Waals surface area contributed by atoms with Gasteiger partial charge in [-0.05, 0) is 19.1 Å². The van der Waals surface area contributed by atoms with Gasteiger partial charge in [0.1, 0.15) is 17.1 Å². The highest BCUT2D eigenvalue weighted by Crippen LogP contribution is 2.09. The number of nitrogens with zero attached hydrogens (tertiary/aromatic N) is 1. The van der Waals surface area contributed by atoms with Crippen LogP contribution in [0.2, 0.25) is 0 Å². The minimum absolute atomic E-state index is 0.0567. The molecule has 1 aromatic heterocycles. The van der Waals surface area contributed by atoms with E-state index in [4.69, 9.17) is 0 Å². The average Bonchev–Trinajstić information content (AvgIpc) is 2.10. The van der Waals surface area contributed by atoms with Gasteiger partial charge >= 0.3 is 0 Å². The molecule has 1 heterocycles. The molecule has 0 amide bonds. The van der Waals surface area contributed by atoms with Crippen LogP contribution in [0, 0.1) is 6.92 Å². The van der Waals surface area contributed by atoms with Crippen LogP contribution in [0.4, 0.5) is 0 Å². The molecule has 0 aliphatic heterocycles. The maximum atomic E-state index is 11.3. The molecule has 0 unspecified atom stereocenters. The fourth-order valence-corrected chi connectivity index (χ4v) is 1.31. The number of carbonyl (C=O) groups is 2. The van der Waals surface area contributed by atoms with Gasteiger partial charge in [-0.2, -0.15) is 0 Å². The van der Waals surface area contributed by atoms with E-state index in [0.717, 1.165) is 12.2 Å². The van der Waals surface area contributed by atoms with Gasteiger partial charge in [0, 0.05) is 0 Å². The van der Waals surface area contributed by atoms with Crippen LogP contribution in [0.15, 0.2) is 16.9 Å². The van der Waals surface area contributed by atoms with Crippen molar-refractivity contribution in [1.29, 1.82) is 0 Å². The lowest BCUT2D eigenvalue weighted by atomic mass is 10.0. The standard InChI is InChI=1S/C9H6N2O3/c1-4-10-8-6(13)3-2-5(12)7(8)9(14)11-4/h2-3H,1H3,(H,10,11,14). The lowest BCUT2D eigenvalue weighted by Crippen LogP contribution is -2.26. The highest BCUT2D eigenvalue weighted by molar-refractivity contribution is 6.20. The minimum Gasteiger partial charge on any atom is -0.310 e. The summed E-state index contributed by atoms with van der Waals surface area (Å²) in [7, 11) is 0. The predicted molar refractivity (Wildman–Crippen MR) is 47.4 cm³/mol. The molecule has 0 saturated carbocycles. The lowest BCUT2D eigenvalue weighted by Gasteiger charge is -2.06. The summed E-state index contributed by atoms with van der Waals surface area (Å²) in [6.07, 6.45) is 2.20. The van der Waals surface area contributed by atoms with Crippen LogP contribution in [0.1, 0.15) is 26.7 Å². The summed E-state index contributed by atoms with van der Waals surface area (Å²) in [5.41, 5.74) is -0.781. The molecule has 70 valence electrons. The Labute approximate surface area is 78.5 Å². The highest BCUT2D eigenvalue weighted by atomic mass is 16.2. The summed E-state index contributed by atoms with van der Waals surface area (Å²) < 4.78 is 0. The molecule has 5 nitrogen and oxygen atoms in total. The molecule has 1 aromatic rings. The predicted octanol–water partition coefficient (Wildman–Crippen LogP) is 0.0135. The van der Waals surface area contributed by atoms with E-state index in [1.165, 1.54) is 0 Å². The Morgan fingerprint density at radius 3 is 2.50 bits per heavy atom. The van der Waals surface area contributed by atoms with Crippen LogP contribution >= 0.6 is 0 Å². The smallest absolute Gasteiger partial charge is 0.262 e. The van der Waals surface area contributed by atoms with Crippen LogP contribution in [0.5, 0.6) is 0 Å². The van der Waals surface area contributed by atoms with Crippen molar-refractivity contribution in [2.24, 2.45) is 0 Å². The van der Waals surface area contributed by atoms with Gasteiger partial charge in [-0.1, -0.05) is 0 Å². The number of aryl methyl sites for hydroxylation is 1. The Kier molecular flexibility index (Phi) is 1.67. The summed E-state index contributed by atoms with van der Waals surface area (Å²) >= 11 is 0. The topological polar surface area (TPSA) is 79.9 Å². The summed E-state index contributed by atoms with van der Waals surface area (Å²) in [4.78, 5) is 40.1. The number of nitrogens with one attached hydrogen (secondary N) is 1. The number of hydrogen-bond donors (Lipinski definition) is 1. The molecule has 0 aromatic carbocycles. The zero-order valence-corrected chi connectivity index (χ0v) is 7.33. The second-order valence-corrected chi connectivity index (χ2v) is 2.94. The third kappa shape index (κ3) is 1.10. The monoisotopic (exact) mass is 190 g/mol. The molecule has 14 heavy (non-hydrogen) atoms. The van der Waals surface area contributed by atoms with Gasteiger partial charge < -0.3 is 4.98 Å². The van der Waals surface area contributed by atoms with Crippen molar-refractivity contribution in [3.63, 3.8) is 0 Å². The fraction of sp³-hybridized carbons (Fsp3) is 0.111. The third-order valence-corrected chi connectivity index (χ3v) is 1.90. The first-order valence-corrected chi connectivity index (χ1v) is 3.97. The van der Waals surface area contributed by atoms with Crippen LogP contribution in [0.25, 0.3) is 0 Å². The van der Waals surface area contributed by atoms with Gasteiger partial charge in [-0.25, -0.2) is 4.98 Å². The van der Waals surface area contributed by atoms with Gasteiger partial charge in [0.05, 0.1) is 0 Å².